The molecule has 6 nitrogen and oxygen atoms in total. The number of hydrogen-bond acceptors (Lipinski definition) is 5. The van der Waals surface area contributed by atoms with E-state index in [0.717, 1.165) is 38.0 Å². The second kappa shape index (κ2) is 5.97. The van der Waals surface area contributed by atoms with Gasteiger partial charge in [-0.05, 0) is 51.4 Å². The second-order valence-corrected chi connectivity index (χ2v) is 5.27. The first-order valence-corrected chi connectivity index (χ1v) is 6.59. The fourth-order valence-electron chi connectivity index (χ4n) is 2.34. The highest BCUT2D eigenvalue weighted by molar-refractivity contribution is 5.56. The van der Waals surface area contributed by atoms with Crippen LogP contribution in [0.15, 0.2) is 12.3 Å². The van der Waals surface area contributed by atoms with Gasteiger partial charge in [0, 0.05) is 18.8 Å². The lowest BCUT2D eigenvalue weighted by Crippen LogP contribution is -2.33. The predicted molar refractivity (Wildman–Crippen MR) is 74.3 cm³/mol. The van der Waals surface area contributed by atoms with E-state index in [1.807, 2.05) is 0 Å². The molecule has 104 valence electrons. The van der Waals surface area contributed by atoms with Crippen LogP contribution >= 0.6 is 0 Å². The number of likely N-dealkylation sites (tertiary alicyclic amines) is 1. The summed E-state index contributed by atoms with van der Waals surface area (Å²) < 4.78 is 0. The summed E-state index contributed by atoms with van der Waals surface area (Å²) in [6.07, 6.45) is 3.91. The van der Waals surface area contributed by atoms with Gasteiger partial charge < -0.3 is 10.2 Å². The predicted octanol–water partition coefficient (Wildman–Crippen LogP) is 2.05. The molecule has 1 aliphatic heterocycles. The Morgan fingerprint density at radius 3 is 2.84 bits per heavy atom. The molecular formula is C13H20N4O2. The maximum Gasteiger partial charge on any atom is 0.311 e. The van der Waals surface area contributed by atoms with Gasteiger partial charge >= 0.3 is 5.69 Å². The van der Waals surface area contributed by atoms with E-state index in [1.54, 1.807) is 19.2 Å². The van der Waals surface area contributed by atoms with Crippen molar-refractivity contribution < 1.29 is 4.92 Å². The number of aromatic nitrogens is 1. The van der Waals surface area contributed by atoms with Crippen molar-refractivity contribution in [3.63, 3.8) is 0 Å². The summed E-state index contributed by atoms with van der Waals surface area (Å²) in [6, 6.07) is 1.56. The molecule has 0 unspecified atom stereocenters. The second-order valence-electron chi connectivity index (χ2n) is 5.27. The summed E-state index contributed by atoms with van der Waals surface area (Å²) >= 11 is 0. The maximum atomic E-state index is 11.0. The van der Waals surface area contributed by atoms with E-state index in [-0.39, 0.29) is 10.6 Å². The average Bonchev–Trinajstić information content (AvgIpc) is 2.39. The first-order valence-electron chi connectivity index (χ1n) is 6.59. The lowest BCUT2D eigenvalue weighted by molar-refractivity contribution is -0.384. The zero-order valence-electron chi connectivity index (χ0n) is 11.4. The van der Waals surface area contributed by atoms with Crippen molar-refractivity contribution in [2.24, 2.45) is 5.92 Å². The van der Waals surface area contributed by atoms with Crippen LogP contribution in [0.25, 0.3) is 0 Å². The zero-order valence-corrected chi connectivity index (χ0v) is 11.4. The number of nitrogens with one attached hydrogen (secondary N) is 1. The number of piperidine rings is 1. The Bertz CT molecular complexity index is 456. The van der Waals surface area contributed by atoms with Crippen LogP contribution in [0, 0.1) is 23.0 Å². The number of nitrogens with zero attached hydrogens (tertiary/aromatic N) is 3. The van der Waals surface area contributed by atoms with Gasteiger partial charge in [-0.15, -0.1) is 0 Å². The van der Waals surface area contributed by atoms with Crippen molar-refractivity contribution in [2.45, 2.75) is 19.8 Å². The SMILES string of the molecule is Cc1cnc(NCC2CCN(C)CC2)c([N+](=O)[O-])c1. The molecule has 2 rings (SSSR count). The third-order valence-electron chi connectivity index (χ3n) is 3.60. The van der Waals surface area contributed by atoms with Gasteiger partial charge in [-0.2, -0.15) is 0 Å². The van der Waals surface area contributed by atoms with Gasteiger partial charge in [-0.25, -0.2) is 4.98 Å². The van der Waals surface area contributed by atoms with Crippen LogP contribution in [0.3, 0.4) is 0 Å². The number of pyridine rings is 1. The van der Waals surface area contributed by atoms with E-state index >= 15 is 0 Å². The molecule has 19 heavy (non-hydrogen) atoms. The van der Waals surface area contributed by atoms with E-state index in [2.05, 4.69) is 22.2 Å². The molecule has 0 aliphatic carbocycles. The topological polar surface area (TPSA) is 71.3 Å². The normalized spacial score (nSPS) is 17.4. The summed E-state index contributed by atoms with van der Waals surface area (Å²) in [5, 5.41) is 14.1. The van der Waals surface area contributed by atoms with Crippen molar-refractivity contribution in [3.05, 3.63) is 27.9 Å². The Morgan fingerprint density at radius 2 is 2.21 bits per heavy atom. The van der Waals surface area contributed by atoms with Gasteiger partial charge in [-0.1, -0.05) is 0 Å². The number of rotatable bonds is 4. The van der Waals surface area contributed by atoms with Crippen molar-refractivity contribution in [1.82, 2.24) is 9.88 Å². The highest BCUT2D eigenvalue weighted by atomic mass is 16.6. The molecule has 6 heteroatoms. The molecule has 1 aromatic heterocycles. The van der Waals surface area contributed by atoms with Crippen LogP contribution in [0.5, 0.6) is 0 Å². The summed E-state index contributed by atoms with van der Waals surface area (Å²) in [7, 11) is 2.12. The Hall–Kier alpha value is -1.69. The molecule has 0 amide bonds. The highest BCUT2D eigenvalue weighted by Gasteiger charge is 2.19. The van der Waals surface area contributed by atoms with E-state index in [4.69, 9.17) is 0 Å². The Balaban J connectivity index is 1.97. The molecule has 0 saturated carbocycles. The smallest absolute Gasteiger partial charge is 0.311 e. The summed E-state index contributed by atoms with van der Waals surface area (Å²) in [5.41, 5.74) is 0.865. The van der Waals surface area contributed by atoms with Gasteiger partial charge in [0.1, 0.15) is 0 Å². The third-order valence-corrected chi connectivity index (χ3v) is 3.60. The Morgan fingerprint density at radius 1 is 1.53 bits per heavy atom. The number of hydrogen-bond donors (Lipinski definition) is 1. The van der Waals surface area contributed by atoms with Gasteiger partial charge in [0.15, 0.2) is 0 Å². The van der Waals surface area contributed by atoms with E-state index in [0.29, 0.717) is 11.7 Å². The molecular weight excluding hydrogens is 244 g/mol. The van der Waals surface area contributed by atoms with Gasteiger partial charge in [0.25, 0.3) is 0 Å². The first kappa shape index (κ1) is 13.7. The largest absolute Gasteiger partial charge is 0.364 e. The average molecular weight is 264 g/mol. The molecule has 1 N–H and O–H groups in total. The number of aryl methyl sites for hydroxylation is 1. The summed E-state index contributed by atoms with van der Waals surface area (Å²) in [6.45, 7) is 4.75. The minimum Gasteiger partial charge on any atom is -0.364 e. The molecule has 2 heterocycles. The lowest BCUT2D eigenvalue weighted by Gasteiger charge is -2.29. The summed E-state index contributed by atoms with van der Waals surface area (Å²) in [5.74, 6) is 0.952. The van der Waals surface area contributed by atoms with Crippen LogP contribution in [-0.4, -0.2) is 41.5 Å². The van der Waals surface area contributed by atoms with Crippen molar-refractivity contribution in [1.29, 1.82) is 0 Å². The molecule has 0 bridgehead atoms. The van der Waals surface area contributed by atoms with Crippen LogP contribution in [0.4, 0.5) is 11.5 Å². The van der Waals surface area contributed by atoms with Crippen LogP contribution in [-0.2, 0) is 0 Å². The zero-order chi connectivity index (χ0) is 13.8. The summed E-state index contributed by atoms with van der Waals surface area (Å²) in [4.78, 5) is 17.1. The molecule has 0 spiro atoms. The first-order chi connectivity index (χ1) is 9.06. The highest BCUT2D eigenvalue weighted by Crippen LogP contribution is 2.24. The van der Waals surface area contributed by atoms with Crippen LogP contribution in [0.2, 0.25) is 0 Å². The van der Waals surface area contributed by atoms with E-state index in [1.165, 1.54) is 0 Å². The van der Waals surface area contributed by atoms with Crippen LogP contribution < -0.4 is 5.32 Å². The number of anilines is 1. The van der Waals surface area contributed by atoms with E-state index < -0.39 is 0 Å². The van der Waals surface area contributed by atoms with Gasteiger partial charge in [0.05, 0.1) is 4.92 Å². The molecule has 0 aromatic carbocycles. The van der Waals surface area contributed by atoms with Crippen molar-refractivity contribution in [3.8, 4) is 0 Å². The van der Waals surface area contributed by atoms with Gasteiger partial charge in [-0.3, -0.25) is 10.1 Å². The quantitative estimate of drug-likeness (QED) is 0.665. The molecule has 1 aliphatic rings. The monoisotopic (exact) mass is 264 g/mol. The van der Waals surface area contributed by atoms with Crippen molar-refractivity contribution in [2.75, 3.05) is 32.0 Å². The van der Waals surface area contributed by atoms with E-state index in [9.17, 15) is 10.1 Å². The van der Waals surface area contributed by atoms with Crippen LogP contribution in [0.1, 0.15) is 18.4 Å². The Labute approximate surface area is 113 Å². The van der Waals surface area contributed by atoms with Crippen molar-refractivity contribution >= 4 is 11.5 Å². The molecule has 1 saturated heterocycles. The molecule has 1 fully saturated rings. The molecule has 0 radical (unpaired) electrons. The third kappa shape index (κ3) is 3.64. The Kier molecular flexibility index (Phi) is 4.31. The maximum absolute atomic E-state index is 11.0. The molecule has 0 atom stereocenters. The minimum absolute atomic E-state index is 0.0629. The number of nitro groups is 1. The fraction of sp³-hybridized carbons (Fsp3) is 0.615. The molecule has 1 aromatic rings. The standard InChI is InChI=1S/C13H20N4O2/c1-10-7-12(17(18)19)13(14-8-10)15-9-11-3-5-16(2)6-4-11/h7-8,11H,3-6,9H2,1-2H3,(H,14,15). The minimum atomic E-state index is -0.378. The fourth-order valence-corrected chi connectivity index (χ4v) is 2.34. The lowest BCUT2D eigenvalue weighted by atomic mass is 9.97. The van der Waals surface area contributed by atoms with Gasteiger partial charge in [0.2, 0.25) is 5.82 Å².